The normalized spacial score (nSPS) is 25.4. The standard InChI is InChI=1S/C10H17N3/c1-3-6-13-8-7-12(2)10(9-13)4-5-11/h3,10H,1,4,6-9H2,2H3. The molecule has 1 fully saturated rings. The van der Waals surface area contributed by atoms with Gasteiger partial charge in [-0.15, -0.1) is 6.58 Å². The number of nitriles is 1. The monoisotopic (exact) mass is 179 g/mol. The fourth-order valence-corrected chi connectivity index (χ4v) is 1.68. The number of nitrogens with zero attached hydrogens (tertiary/aromatic N) is 3. The molecule has 0 bridgehead atoms. The Balaban J connectivity index is 2.43. The van der Waals surface area contributed by atoms with Gasteiger partial charge in [0, 0.05) is 32.2 Å². The van der Waals surface area contributed by atoms with Crippen LogP contribution in [0.2, 0.25) is 0 Å². The maximum absolute atomic E-state index is 8.64. The van der Waals surface area contributed by atoms with Gasteiger partial charge in [-0.2, -0.15) is 5.26 Å². The van der Waals surface area contributed by atoms with Gasteiger partial charge < -0.3 is 0 Å². The lowest BCUT2D eigenvalue weighted by atomic mass is 10.1. The zero-order valence-electron chi connectivity index (χ0n) is 8.24. The highest BCUT2D eigenvalue weighted by Crippen LogP contribution is 2.09. The van der Waals surface area contributed by atoms with E-state index in [9.17, 15) is 0 Å². The summed E-state index contributed by atoms with van der Waals surface area (Å²) < 4.78 is 0. The molecule has 1 aliphatic heterocycles. The number of piperazine rings is 1. The zero-order chi connectivity index (χ0) is 9.68. The minimum absolute atomic E-state index is 0.402. The van der Waals surface area contributed by atoms with Crippen LogP contribution in [-0.2, 0) is 0 Å². The van der Waals surface area contributed by atoms with Crippen molar-refractivity contribution in [3.63, 3.8) is 0 Å². The van der Waals surface area contributed by atoms with Crippen LogP contribution in [-0.4, -0.2) is 49.1 Å². The third kappa shape index (κ3) is 2.83. The third-order valence-corrected chi connectivity index (χ3v) is 2.58. The topological polar surface area (TPSA) is 30.3 Å². The Hall–Kier alpha value is -0.850. The molecule has 0 amide bonds. The van der Waals surface area contributed by atoms with Crippen molar-refractivity contribution < 1.29 is 0 Å². The average molecular weight is 179 g/mol. The van der Waals surface area contributed by atoms with Gasteiger partial charge in [-0.05, 0) is 7.05 Å². The van der Waals surface area contributed by atoms with E-state index in [-0.39, 0.29) is 0 Å². The molecule has 0 aromatic rings. The molecule has 0 aromatic heterocycles. The first-order chi connectivity index (χ1) is 6.27. The Morgan fingerprint density at radius 3 is 3.00 bits per heavy atom. The number of hydrogen-bond donors (Lipinski definition) is 0. The first kappa shape index (κ1) is 10.2. The van der Waals surface area contributed by atoms with Crippen LogP contribution in [0.3, 0.4) is 0 Å². The molecule has 1 aliphatic rings. The fraction of sp³-hybridized carbons (Fsp3) is 0.700. The predicted molar refractivity (Wildman–Crippen MR) is 53.3 cm³/mol. The van der Waals surface area contributed by atoms with Gasteiger partial charge in [0.15, 0.2) is 0 Å². The molecule has 1 unspecified atom stereocenters. The summed E-state index contributed by atoms with van der Waals surface area (Å²) in [5.74, 6) is 0. The van der Waals surface area contributed by atoms with E-state index in [1.165, 1.54) is 0 Å². The van der Waals surface area contributed by atoms with Crippen molar-refractivity contribution in [2.75, 3.05) is 33.2 Å². The van der Waals surface area contributed by atoms with Crippen LogP contribution in [0, 0.1) is 11.3 Å². The van der Waals surface area contributed by atoms with Gasteiger partial charge in [-0.1, -0.05) is 6.08 Å². The minimum Gasteiger partial charge on any atom is -0.300 e. The molecule has 0 spiro atoms. The third-order valence-electron chi connectivity index (χ3n) is 2.58. The lowest BCUT2D eigenvalue weighted by Crippen LogP contribution is -2.51. The van der Waals surface area contributed by atoms with Crippen molar-refractivity contribution in [3.05, 3.63) is 12.7 Å². The predicted octanol–water partition coefficient (Wildman–Crippen LogP) is 0.702. The smallest absolute Gasteiger partial charge is 0.0638 e. The number of hydrogen-bond acceptors (Lipinski definition) is 3. The van der Waals surface area contributed by atoms with E-state index in [1.54, 1.807) is 0 Å². The van der Waals surface area contributed by atoms with E-state index in [0.29, 0.717) is 12.5 Å². The van der Waals surface area contributed by atoms with Crippen LogP contribution in [0.25, 0.3) is 0 Å². The van der Waals surface area contributed by atoms with Crippen LogP contribution in [0.15, 0.2) is 12.7 Å². The molecule has 1 heterocycles. The maximum atomic E-state index is 8.64. The Labute approximate surface area is 80.2 Å². The summed E-state index contributed by atoms with van der Waals surface area (Å²) in [5, 5.41) is 8.64. The van der Waals surface area contributed by atoms with Crippen molar-refractivity contribution in [2.45, 2.75) is 12.5 Å². The van der Waals surface area contributed by atoms with E-state index in [0.717, 1.165) is 26.2 Å². The van der Waals surface area contributed by atoms with Crippen molar-refractivity contribution in [1.29, 1.82) is 5.26 Å². The second-order valence-electron chi connectivity index (χ2n) is 3.54. The molecule has 13 heavy (non-hydrogen) atoms. The highest BCUT2D eigenvalue weighted by molar-refractivity contribution is 4.89. The molecular weight excluding hydrogens is 162 g/mol. The molecular formula is C10H17N3. The van der Waals surface area contributed by atoms with Crippen LogP contribution in [0.1, 0.15) is 6.42 Å². The first-order valence-corrected chi connectivity index (χ1v) is 4.68. The summed E-state index contributed by atoms with van der Waals surface area (Å²) in [6.45, 7) is 7.80. The van der Waals surface area contributed by atoms with Gasteiger partial charge in [-0.3, -0.25) is 9.80 Å². The molecule has 0 aliphatic carbocycles. The number of rotatable bonds is 3. The van der Waals surface area contributed by atoms with E-state index in [4.69, 9.17) is 5.26 Å². The summed E-state index contributed by atoms with van der Waals surface area (Å²) in [6, 6.07) is 2.64. The van der Waals surface area contributed by atoms with Crippen molar-refractivity contribution in [2.24, 2.45) is 0 Å². The van der Waals surface area contributed by atoms with Crippen LogP contribution in [0.4, 0.5) is 0 Å². The van der Waals surface area contributed by atoms with Gasteiger partial charge >= 0.3 is 0 Å². The highest BCUT2D eigenvalue weighted by Gasteiger charge is 2.22. The van der Waals surface area contributed by atoms with Gasteiger partial charge in [0.05, 0.1) is 12.5 Å². The minimum atomic E-state index is 0.402. The fourth-order valence-electron chi connectivity index (χ4n) is 1.68. The molecule has 1 saturated heterocycles. The van der Waals surface area contributed by atoms with Crippen LogP contribution < -0.4 is 0 Å². The van der Waals surface area contributed by atoms with Gasteiger partial charge in [0.1, 0.15) is 0 Å². The van der Waals surface area contributed by atoms with Crippen LogP contribution >= 0.6 is 0 Å². The summed E-state index contributed by atoms with van der Waals surface area (Å²) in [6.07, 6.45) is 2.55. The molecule has 3 nitrogen and oxygen atoms in total. The summed E-state index contributed by atoms with van der Waals surface area (Å²) in [7, 11) is 2.09. The molecule has 1 atom stereocenters. The average Bonchev–Trinajstić information content (AvgIpc) is 2.12. The van der Waals surface area contributed by atoms with Crippen molar-refractivity contribution >= 4 is 0 Å². The van der Waals surface area contributed by atoms with E-state index < -0.39 is 0 Å². The molecule has 0 aromatic carbocycles. The summed E-state index contributed by atoms with van der Waals surface area (Å²) in [5.41, 5.74) is 0. The summed E-state index contributed by atoms with van der Waals surface area (Å²) in [4.78, 5) is 4.61. The van der Waals surface area contributed by atoms with E-state index in [1.807, 2.05) is 6.08 Å². The van der Waals surface area contributed by atoms with Crippen molar-refractivity contribution in [3.8, 4) is 6.07 Å². The number of likely N-dealkylation sites (N-methyl/N-ethyl adjacent to an activating group) is 1. The highest BCUT2D eigenvalue weighted by atomic mass is 15.3. The Morgan fingerprint density at radius 2 is 2.38 bits per heavy atom. The largest absolute Gasteiger partial charge is 0.300 e. The zero-order valence-corrected chi connectivity index (χ0v) is 8.24. The lowest BCUT2D eigenvalue weighted by molar-refractivity contribution is 0.107. The Morgan fingerprint density at radius 1 is 1.62 bits per heavy atom. The van der Waals surface area contributed by atoms with E-state index in [2.05, 4.69) is 29.5 Å². The van der Waals surface area contributed by atoms with Gasteiger partial charge in [-0.25, -0.2) is 0 Å². The lowest BCUT2D eigenvalue weighted by Gasteiger charge is -2.37. The molecule has 0 saturated carbocycles. The first-order valence-electron chi connectivity index (χ1n) is 4.68. The molecule has 3 heteroatoms. The molecule has 0 N–H and O–H groups in total. The second kappa shape index (κ2) is 5.00. The Bertz CT molecular complexity index is 207. The molecule has 0 radical (unpaired) electrons. The quantitative estimate of drug-likeness (QED) is 0.597. The van der Waals surface area contributed by atoms with Gasteiger partial charge in [0.25, 0.3) is 0 Å². The SMILES string of the molecule is C=CCN1CCN(C)C(CC#N)C1. The van der Waals surface area contributed by atoms with Crippen molar-refractivity contribution in [1.82, 2.24) is 9.80 Å². The van der Waals surface area contributed by atoms with Crippen LogP contribution in [0.5, 0.6) is 0 Å². The molecule has 1 rings (SSSR count). The Kier molecular flexibility index (Phi) is 3.94. The van der Waals surface area contributed by atoms with Gasteiger partial charge in [0.2, 0.25) is 0 Å². The second-order valence-corrected chi connectivity index (χ2v) is 3.54. The molecule has 72 valence electrons. The maximum Gasteiger partial charge on any atom is 0.0638 e. The summed E-state index contributed by atoms with van der Waals surface area (Å²) >= 11 is 0. The van der Waals surface area contributed by atoms with E-state index >= 15 is 0 Å².